The van der Waals surface area contributed by atoms with Crippen molar-refractivity contribution in [1.82, 2.24) is 15.4 Å². The first-order valence-corrected chi connectivity index (χ1v) is 5.20. The number of aromatic nitrogens is 3. The molecule has 0 unspecified atom stereocenters. The van der Waals surface area contributed by atoms with Gasteiger partial charge in [-0.05, 0) is 30.5 Å². The Hall–Kier alpha value is -1.38. The van der Waals surface area contributed by atoms with Crippen LogP contribution in [-0.2, 0) is 6.42 Å². The molecule has 0 aliphatic rings. The van der Waals surface area contributed by atoms with Gasteiger partial charge >= 0.3 is 0 Å². The molecule has 0 saturated carbocycles. The first-order valence-electron chi connectivity index (χ1n) is 5.20. The predicted octanol–water partition coefficient (Wildman–Crippen LogP) is 2.69. The summed E-state index contributed by atoms with van der Waals surface area (Å²) in [4.78, 5) is 0. The molecule has 0 amide bonds. The zero-order valence-corrected chi connectivity index (χ0v) is 8.45. The second kappa shape index (κ2) is 4.22. The summed E-state index contributed by atoms with van der Waals surface area (Å²) in [5, 5.41) is 10.6. The van der Waals surface area contributed by atoms with E-state index in [0.29, 0.717) is 0 Å². The number of aromatic amines is 1. The highest BCUT2D eigenvalue weighted by molar-refractivity contribution is 5.74. The minimum absolute atomic E-state index is 0.971. The maximum atomic E-state index is 4.00. The average Bonchev–Trinajstić information content (AvgIpc) is 2.65. The molecule has 0 radical (unpaired) electrons. The van der Waals surface area contributed by atoms with Crippen molar-refractivity contribution in [2.24, 2.45) is 0 Å². The molecule has 74 valence electrons. The molecule has 2 rings (SSSR count). The van der Waals surface area contributed by atoms with Crippen LogP contribution < -0.4 is 0 Å². The van der Waals surface area contributed by atoms with Crippen molar-refractivity contribution in [2.45, 2.75) is 32.6 Å². The fourth-order valence-electron chi connectivity index (χ4n) is 1.62. The number of nitrogens with one attached hydrogen (secondary N) is 1. The lowest BCUT2D eigenvalue weighted by Crippen LogP contribution is -1.85. The Morgan fingerprint density at radius 2 is 2.21 bits per heavy atom. The Labute approximate surface area is 83.5 Å². The second-order valence-electron chi connectivity index (χ2n) is 3.62. The van der Waals surface area contributed by atoms with Gasteiger partial charge in [-0.25, -0.2) is 0 Å². The minimum atomic E-state index is 0.971. The summed E-state index contributed by atoms with van der Waals surface area (Å²) in [6.45, 7) is 2.22. The molecule has 0 spiro atoms. The van der Waals surface area contributed by atoms with Crippen molar-refractivity contribution in [3.8, 4) is 0 Å². The first-order chi connectivity index (χ1) is 6.90. The molecule has 1 N–H and O–H groups in total. The maximum Gasteiger partial charge on any atom is 0.113 e. The third-order valence-electron chi connectivity index (χ3n) is 2.46. The molecule has 0 bridgehead atoms. The molecule has 2 aromatic rings. The molecule has 1 aromatic heterocycles. The van der Waals surface area contributed by atoms with Gasteiger partial charge in [-0.3, -0.25) is 5.10 Å². The van der Waals surface area contributed by atoms with Crippen molar-refractivity contribution in [3.63, 3.8) is 0 Å². The molecule has 1 aromatic carbocycles. The lowest BCUT2D eigenvalue weighted by atomic mass is 10.1. The van der Waals surface area contributed by atoms with Gasteiger partial charge in [0, 0.05) is 0 Å². The van der Waals surface area contributed by atoms with Gasteiger partial charge in [0.25, 0.3) is 0 Å². The van der Waals surface area contributed by atoms with Crippen molar-refractivity contribution >= 4 is 11.0 Å². The smallest absolute Gasteiger partial charge is 0.113 e. The van der Waals surface area contributed by atoms with Crippen molar-refractivity contribution < 1.29 is 0 Å². The topological polar surface area (TPSA) is 41.6 Å². The summed E-state index contributed by atoms with van der Waals surface area (Å²) in [7, 11) is 0. The van der Waals surface area contributed by atoms with Gasteiger partial charge in [-0.1, -0.05) is 31.0 Å². The van der Waals surface area contributed by atoms with E-state index in [0.717, 1.165) is 17.5 Å². The first kappa shape index (κ1) is 9.19. The molecule has 0 aliphatic heterocycles. The molecular weight excluding hydrogens is 174 g/mol. The van der Waals surface area contributed by atoms with Crippen LogP contribution in [0.2, 0.25) is 0 Å². The summed E-state index contributed by atoms with van der Waals surface area (Å²) >= 11 is 0. The van der Waals surface area contributed by atoms with Crippen LogP contribution >= 0.6 is 0 Å². The van der Waals surface area contributed by atoms with Crippen LogP contribution in [0.15, 0.2) is 18.2 Å². The summed E-state index contributed by atoms with van der Waals surface area (Å²) in [5.74, 6) is 0. The van der Waals surface area contributed by atoms with E-state index in [1.807, 2.05) is 0 Å². The standard InChI is InChI=1S/C11H15N3/c1-2-3-4-5-9-6-7-10-11(8-9)13-14-12-10/h6-8H,2-5H2,1H3,(H,12,13,14). The van der Waals surface area contributed by atoms with E-state index in [9.17, 15) is 0 Å². The number of H-pyrrole nitrogens is 1. The fraction of sp³-hybridized carbons (Fsp3) is 0.455. The van der Waals surface area contributed by atoms with Crippen LogP contribution in [0.1, 0.15) is 31.7 Å². The molecule has 0 atom stereocenters. The number of aryl methyl sites for hydroxylation is 1. The number of fused-ring (bicyclic) bond motifs is 1. The Morgan fingerprint density at radius 1 is 1.29 bits per heavy atom. The molecule has 0 aliphatic carbocycles. The van der Waals surface area contributed by atoms with E-state index in [-0.39, 0.29) is 0 Å². The zero-order valence-electron chi connectivity index (χ0n) is 8.45. The zero-order chi connectivity index (χ0) is 9.80. The fourth-order valence-corrected chi connectivity index (χ4v) is 1.62. The highest BCUT2D eigenvalue weighted by atomic mass is 15.3. The monoisotopic (exact) mass is 189 g/mol. The van der Waals surface area contributed by atoms with Gasteiger partial charge in [0.05, 0.1) is 5.52 Å². The van der Waals surface area contributed by atoms with E-state index in [4.69, 9.17) is 0 Å². The van der Waals surface area contributed by atoms with E-state index in [1.54, 1.807) is 0 Å². The molecular formula is C11H15N3. The van der Waals surface area contributed by atoms with Crippen LogP contribution in [0.4, 0.5) is 0 Å². The minimum Gasteiger partial charge on any atom is -0.258 e. The van der Waals surface area contributed by atoms with Gasteiger partial charge in [-0.2, -0.15) is 0 Å². The van der Waals surface area contributed by atoms with Crippen LogP contribution in [0.25, 0.3) is 11.0 Å². The molecule has 0 saturated heterocycles. The maximum absolute atomic E-state index is 4.00. The van der Waals surface area contributed by atoms with E-state index in [1.165, 1.54) is 24.8 Å². The van der Waals surface area contributed by atoms with Gasteiger partial charge in [0.1, 0.15) is 5.52 Å². The summed E-state index contributed by atoms with van der Waals surface area (Å²) in [5.41, 5.74) is 3.35. The molecule has 3 heteroatoms. The SMILES string of the molecule is CCCCCc1ccc2[nH]nnc2c1. The van der Waals surface area contributed by atoms with Gasteiger partial charge < -0.3 is 0 Å². The Morgan fingerprint density at radius 3 is 3.07 bits per heavy atom. The summed E-state index contributed by atoms with van der Waals surface area (Å²) in [6.07, 6.45) is 4.99. The van der Waals surface area contributed by atoms with Crippen molar-refractivity contribution in [3.05, 3.63) is 23.8 Å². The number of nitrogens with zero attached hydrogens (tertiary/aromatic N) is 2. The Kier molecular flexibility index (Phi) is 2.77. The number of rotatable bonds is 4. The van der Waals surface area contributed by atoms with Crippen molar-refractivity contribution in [2.75, 3.05) is 0 Å². The van der Waals surface area contributed by atoms with Gasteiger partial charge in [0.2, 0.25) is 0 Å². The van der Waals surface area contributed by atoms with Crippen LogP contribution in [0.5, 0.6) is 0 Å². The second-order valence-corrected chi connectivity index (χ2v) is 3.62. The van der Waals surface area contributed by atoms with Crippen molar-refractivity contribution in [1.29, 1.82) is 0 Å². The third kappa shape index (κ3) is 1.92. The van der Waals surface area contributed by atoms with Crippen LogP contribution in [-0.4, -0.2) is 15.4 Å². The average molecular weight is 189 g/mol. The molecule has 14 heavy (non-hydrogen) atoms. The molecule has 3 nitrogen and oxygen atoms in total. The number of hydrogen-bond donors (Lipinski definition) is 1. The largest absolute Gasteiger partial charge is 0.258 e. The number of unbranched alkanes of at least 4 members (excludes halogenated alkanes) is 2. The normalized spacial score (nSPS) is 10.9. The van der Waals surface area contributed by atoms with Crippen LogP contribution in [0, 0.1) is 0 Å². The Bertz CT molecular complexity index is 406. The molecule has 1 heterocycles. The van der Waals surface area contributed by atoms with E-state index in [2.05, 4.69) is 40.5 Å². The Balaban J connectivity index is 2.10. The van der Waals surface area contributed by atoms with Crippen LogP contribution in [0.3, 0.4) is 0 Å². The van der Waals surface area contributed by atoms with E-state index >= 15 is 0 Å². The lowest BCUT2D eigenvalue weighted by Gasteiger charge is -1.99. The summed E-state index contributed by atoms with van der Waals surface area (Å²) in [6, 6.07) is 6.32. The predicted molar refractivity (Wildman–Crippen MR) is 57.1 cm³/mol. The number of benzene rings is 1. The highest BCUT2D eigenvalue weighted by Gasteiger charge is 1.98. The summed E-state index contributed by atoms with van der Waals surface area (Å²) < 4.78 is 0. The van der Waals surface area contributed by atoms with Gasteiger partial charge in [0.15, 0.2) is 0 Å². The molecule has 0 fully saturated rings. The quantitative estimate of drug-likeness (QED) is 0.751. The van der Waals surface area contributed by atoms with E-state index < -0.39 is 0 Å². The highest BCUT2D eigenvalue weighted by Crippen LogP contribution is 2.13. The number of hydrogen-bond acceptors (Lipinski definition) is 2. The van der Waals surface area contributed by atoms with Gasteiger partial charge in [-0.15, -0.1) is 5.10 Å². The third-order valence-corrected chi connectivity index (χ3v) is 2.46. The lowest BCUT2D eigenvalue weighted by molar-refractivity contribution is 0.718.